The predicted octanol–water partition coefficient (Wildman–Crippen LogP) is 2.60. The van der Waals surface area contributed by atoms with Crippen LogP contribution in [0.1, 0.15) is 12.0 Å². The number of anilines is 1. The van der Waals surface area contributed by atoms with Crippen LogP contribution in [0.15, 0.2) is 41.6 Å². The van der Waals surface area contributed by atoms with Gasteiger partial charge in [0.1, 0.15) is 12.0 Å². The van der Waals surface area contributed by atoms with Crippen molar-refractivity contribution in [2.24, 2.45) is 13.0 Å². The van der Waals surface area contributed by atoms with Gasteiger partial charge in [0.05, 0.1) is 11.4 Å². The molecule has 6 nitrogen and oxygen atoms in total. The molecule has 0 bridgehead atoms. The lowest BCUT2D eigenvalue weighted by Gasteiger charge is -2.11. The Hall–Kier alpha value is -3.09. The molecule has 1 amide bonds. The lowest BCUT2D eigenvalue weighted by Crippen LogP contribution is -2.20. The van der Waals surface area contributed by atoms with Crippen LogP contribution < -0.4 is 10.9 Å². The Balaban J connectivity index is 1.77. The summed E-state index contributed by atoms with van der Waals surface area (Å²) in [5.41, 5.74) is 2.75. The summed E-state index contributed by atoms with van der Waals surface area (Å²) in [5, 5.41) is 3.38. The highest BCUT2D eigenvalue weighted by molar-refractivity contribution is 5.95. The maximum Gasteiger partial charge on any atom is 0.258 e. The number of fused-ring (bicyclic) bond motifs is 1. The molecule has 3 aromatic rings. The summed E-state index contributed by atoms with van der Waals surface area (Å²) in [7, 11) is 1.67. The van der Waals surface area contributed by atoms with Gasteiger partial charge in [-0.15, -0.1) is 0 Å². The van der Waals surface area contributed by atoms with E-state index in [1.807, 2.05) is 13.0 Å². The summed E-state index contributed by atoms with van der Waals surface area (Å²) >= 11 is 0. The van der Waals surface area contributed by atoms with Gasteiger partial charge in [0.2, 0.25) is 5.91 Å². The molecule has 132 valence electrons. The van der Waals surface area contributed by atoms with E-state index in [4.69, 9.17) is 0 Å². The fourth-order valence-corrected chi connectivity index (χ4v) is 3.03. The molecule has 1 unspecified atom stereocenters. The molecule has 2 atom stereocenters. The maximum absolute atomic E-state index is 13.0. The summed E-state index contributed by atoms with van der Waals surface area (Å²) in [6.07, 6.45) is 4.14. The topological polar surface area (TPSA) is 76.9 Å². The van der Waals surface area contributed by atoms with Crippen LogP contribution in [0.4, 0.5) is 10.2 Å². The zero-order chi connectivity index (χ0) is 18.4. The first-order chi connectivity index (χ1) is 12.5. The van der Waals surface area contributed by atoms with E-state index in [1.165, 1.54) is 4.57 Å². The average molecular weight is 352 g/mol. The maximum atomic E-state index is 13.0. The number of pyridine rings is 3. The van der Waals surface area contributed by atoms with Crippen molar-refractivity contribution in [3.8, 4) is 11.1 Å². The number of aryl methyl sites for hydroxylation is 2. The van der Waals surface area contributed by atoms with E-state index in [9.17, 15) is 14.0 Å². The molecule has 1 N–H and O–H groups in total. The number of alkyl halides is 1. The molecule has 26 heavy (non-hydrogen) atoms. The van der Waals surface area contributed by atoms with Gasteiger partial charge in [-0.2, -0.15) is 0 Å². The van der Waals surface area contributed by atoms with Gasteiger partial charge in [-0.1, -0.05) is 0 Å². The smallest absolute Gasteiger partial charge is 0.258 e. The van der Waals surface area contributed by atoms with Gasteiger partial charge in [-0.25, -0.2) is 9.37 Å². The Morgan fingerprint density at radius 1 is 1.31 bits per heavy atom. The fraction of sp³-hybridized carbons (Fsp3) is 0.263. The molecule has 1 fully saturated rings. The predicted molar refractivity (Wildman–Crippen MR) is 96.6 cm³/mol. The zero-order valence-corrected chi connectivity index (χ0v) is 14.4. The zero-order valence-electron chi connectivity index (χ0n) is 14.4. The van der Waals surface area contributed by atoms with Gasteiger partial charge in [0.25, 0.3) is 5.56 Å². The normalized spacial score (nSPS) is 18.7. The lowest BCUT2D eigenvalue weighted by atomic mass is 10.0. The molecule has 4 rings (SSSR count). The van der Waals surface area contributed by atoms with E-state index < -0.39 is 12.1 Å². The molecule has 3 aromatic heterocycles. The number of carbonyl (C=O) groups is 1. The third-order valence-corrected chi connectivity index (χ3v) is 4.74. The van der Waals surface area contributed by atoms with Crippen molar-refractivity contribution in [1.29, 1.82) is 0 Å². The van der Waals surface area contributed by atoms with Crippen LogP contribution in [-0.4, -0.2) is 26.6 Å². The third-order valence-electron chi connectivity index (χ3n) is 4.74. The van der Waals surface area contributed by atoms with Gasteiger partial charge in [0.15, 0.2) is 0 Å². The Morgan fingerprint density at radius 3 is 2.77 bits per heavy atom. The van der Waals surface area contributed by atoms with Crippen molar-refractivity contribution >= 4 is 22.6 Å². The molecular weight excluding hydrogens is 335 g/mol. The lowest BCUT2D eigenvalue weighted by molar-refractivity contribution is -0.117. The van der Waals surface area contributed by atoms with Crippen molar-refractivity contribution < 1.29 is 9.18 Å². The quantitative estimate of drug-likeness (QED) is 0.786. The highest BCUT2D eigenvalue weighted by atomic mass is 19.1. The summed E-state index contributed by atoms with van der Waals surface area (Å²) in [6, 6.07) is 5.26. The standard InChI is InChI=1S/C19H17FN4O2/c1-10-3-4-21-9-14(10)12-5-11-8-22-17(7-16(11)24(2)19(12)26)23-18(25)13-6-15(13)20/h3-5,7-9,13,15H,6H2,1-2H3,(H,22,23,25)/t13-,15?/m0/s1. The van der Waals surface area contributed by atoms with Crippen LogP contribution in [0.2, 0.25) is 0 Å². The summed E-state index contributed by atoms with van der Waals surface area (Å²) in [6.45, 7) is 1.92. The molecule has 0 radical (unpaired) electrons. The number of nitrogens with zero attached hydrogens (tertiary/aromatic N) is 3. The van der Waals surface area contributed by atoms with Crippen molar-refractivity contribution in [2.75, 3.05) is 5.32 Å². The summed E-state index contributed by atoms with van der Waals surface area (Å²) < 4.78 is 14.5. The largest absolute Gasteiger partial charge is 0.311 e. The van der Waals surface area contributed by atoms with E-state index in [0.717, 1.165) is 16.5 Å². The van der Waals surface area contributed by atoms with Crippen LogP contribution in [0.25, 0.3) is 22.0 Å². The van der Waals surface area contributed by atoms with E-state index >= 15 is 0 Å². The molecule has 7 heteroatoms. The monoisotopic (exact) mass is 352 g/mol. The molecule has 1 aliphatic rings. The number of aromatic nitrogens is 3. The molecular formula is C19H17FN4O2. The second-order valence-corrected chi connectivity index (χ2v) is 6.59. The highest BCUT2D eigenvalue weighted by Gasteiger charge is 2.43. The molecule has 3 heterocycles. The number of hydrogen-bond donors (Lipinski definition) is 1. The first-order valence-electron chi connectivity index (χ1n) is 8.31. The number of hydrogen-bond acceptors (Lipinski definition) is 4. The van der Waals surface area contributed by atoms with E-state index in [2.05, 4.69) is 15.3 Å². The number of rotatable bonds is 3. The number of carbonyl (C=O) groups excluding carboxylic acids is 1. The van der Waals surface area contributed by atoms with Gasteiger partial charge in [0, 0.05) is 48.2 Å². The van der Waals surface area contributed by atoms with Crippen molar-refractivity contribution in [2.45, 2.75) is 19.5 Å². The summed E-state index contributed by atoms with van der Waals surface area (Å²) in [4.78, 5) is 33.0. The van der Waals surface area contributed by atoms with Crippen LogP contribution in [0, 0.1) is 12.8 Å². The van der Waals surface area contributed by atoms with E-state index in [-0.39, 0.29) is 17.9 Å². The van der Waals surface area contributed by atoms with Crippen LogP contribution >= 0.6 is 0 Å². The second kappa shape index (κ2) is 6.01. The number of nitrogens with one attached hydrogen (secondary N) is 1. The Bertz CT molecular complexity index is 1090. The summed E-state index contributed by atoms with van der Waals surface area (Å²) in [5.74, 6) is -0.661. The minimum atomic E-state index is -1.06. The van der Waals surface area contributed by atoms with Gasteiger partial charge in [-0.3, -0.25) is 14.6 Å². The SMILES string of the molecule is Cc1ccncc1-c1cc2cnc(NC(=O)[C@H]3CC3F)cc2n(C)c1=O. The Labute approximate surface area is 148 Å². The average Bonchev–Trinajstić information content (AvgIpc) is 3.36. The van der Waals surface area contributed by atoms with Crippen molar-refractivity contribution in [1.82, 2.24) is 14.5 Å². The number of amides is 1. The molecule has 1 saturated carbocycles. The van der Waals surface area contributed by atoms with Gasteiger partial charge >= 0.3 is 0 Å². The fourth-order valence-electron chi connectivity index (χ4n) is 3.03. The minimum absolute atomic E-state index is 0.164. The molecule has 0 aliphatic heterocycles. The van der Waals surface area contributed by atoms with Crippen LogP contribution in [0.3, 0.4) is 0 Å². The van der Waals surface area contributed by atoms with Crippen molar-refractivity contribution in [3.63, 3.8) is 0 Å². The molecule has 0 aromatic carbocycles. The van der Waals surface area contributed by atoms with Crippen molar-refractivity contribution in [3.05, 3.63) is 52.7 Å². The number of halogens is 1. The first-order valence-corrected chi connectivity index (χ1v) is 8.31. The second-order valence-electron chi connectivity index (χ2n) is 6.59. The molecule has 0 saturated heterocycles. The highest BCUT2D eigenvalue weighted by Crippen LogP contribution is 2.34. The molecule has 0 spiro atoms. The van der Waals surface area contributed by atoms with Gasteiger partial charge < -0.3 is 9.88 Å². The van der Waals surface area contributed by atoms with Crippen LogP contribution in [-0.2, 0) is 11.8 Å². The van der Waals surface area contributed by atoms with E-state index in [1.54, 1.807) is 37.8 Å². The molecule has 1 aliphatic carbocycles. The van der Waals surface area contributed by atoms with Crippen LogP contribution in [0.5, 0.6) is 0 Å². The Morgan fingerprint density at radius 2 is 2.08 bits per heavy atom. The van der Waals surface area contributed by atoms with E-state index in [0.29, 0.717) is 16.9 Å². The third kappa shape index (κ3) is 2.75. The Kier molecular flexibility index (Phi) is 3.79. The first kappa shape index (κ1) is 16.4. The minimum Gasteiger partial charge on any atom is -0.311 e. The van der Waals surface area contributed by atoms with Gasteiger partial charge in [-0.05, 0) is 31.0 Å².